The molecule has 1 aliphatic heterocycles. The Balaban J connectivity index is 1.87. The van der Waals surface area contributed by atoms with E-state index < -0.39 is 0 Å². The van der Waals surface area contributed by atoms with Crippen molar-refractivity contribution in [2.45, 2.75) is 65.0 Å². The van der Waals surface area contributed by atoms with Gasteiger partial charge in [-0.2, -0.15) is 0 Å². The van der Waals surface area contributed by atoms with Crippen molar-refractivity contribution < 1.29 is 0 Å². The average Bonchev–Trinajstić information content (AvgIpc) is 3.13. The van der Waals surface area contributed by atoms with Gasteiger partial charge in [-0.05, 0) is 44.9 Å². The van der Waals surface area contributed by atoms with Gasteiger partial charge in [-0.25, -0.2) is 0 Å². The zero-order chi connectivity index (χ0) is 12.5. The van der Waals surface area contributed by atoms with Crippen molar-refractivity contribution in [3.05, 3.63) is 0 Å². The molecule has 1 heterocycles. The lowest BCUT2D eigenvalue weighted by Crippen LogP contribution is -2.61. The molecule has 0 aromatic rings. The van der Waals surface area contributed by atoms with Gasteiger partial charge in [0, 0.05) is 31.2 Å². The average molecular weight is 238 g/mol. The lowest BCUT2D eigenvalue weighted by Gasteiger charge is -2.45. The quantitative estimate of drug-likeness (QED) is 0.792. The molecular weight excluding hydrogens is 208 g/mol. The van der Waals surface area contributed by atoms with E-state index in [-0.39, 0.29) is 0 Å². The van der Waals surface area contributed by atoms with Crippen LogP contribution in [0.4, 0.5) is 0 Å². The van der Waals surface area contributed by atoms with Gasteiger partial charge >= 0.3 is 0 Å². The van der Waals surface area contributed by atoms with E-state index in [0.29, 0.717) is 5.54 Å². The summed E-state index contributed by atoms with van der Waals surface area (Å²) in [7, 11) is 0. The van der Waals surface area contributed by atoms with Crippen molar-refractivity contribution in [3.8, 4) is 0 Å². The lowest BCUT2D eigenvalue weighted by molar-refractivity contribution is 0.0845. The molecule has 1 saturated heterocycles. The van der Waals surface area contributed by atoms with E-state index in [1.807, 2.05) is 0 Å². The summed E-state index contributed by atoms with van der Waals surface area (Å²) in [6.07, 6.45) is 5.56. The van der Waals surface area contributed by atoms with Gasteiger partial charge in [-0.15, -0.1) is 0 Å². The largest absolute Gasteiger partial charge is 0.309 e. The highest BCUT2D eigenvalue weighted by atomic mass is 15.2. The highest BCUT2D eigenvalue weighted by Gasteiger charge is 2.44. The second-order valence-corrected chi connectivity index (χ2v) is 6.69. The normalized spacial score (nSPS) is 34.6. The van der Waals surface area contributed by atoms with Crippen molar-refractivity contribution in [3.63, 3.8) is 0 Å². The van der Waals surface area contributed by atoms with Gasteiger partial charge in [-0.1, -0.05) is 20.3 Å². The van der Waals surface area contributed by atoms with E-state index in [9.17, 15) is 0 Å². The van der Waals surface area contributed by atoms with Gasteiger partial charge in [0.2, 0.25) is 0 Å². The molecule has 1 saturated carbocycles. The predicted octanol–water partition coefficient (Wildman–Crippen LogP) is 2.89. The van der Waals surface area contributed by atoms with E-state index in [2.05, 4.69) is 37.9 Å². The van der Waals surface area contributed by atoms with Crippen LogP contribution in [-0.4, -0.2) is 36.1 Å². The highest BCUT2D eigenvalue weighted by Crippen LogP contribution is 2.41. The first-order valence-corrected chi connectivity index (χ1v) is 7.54. The fourth-order valence-corrected chi connectivity index (χ4v) is 3.31. The molecule has 1 N–H and O–H groups in total. The third-order valence-electron chi connectivity index (χ3n) is 5.00. The summed E-state index contributed by atoms with van der Waals surface area (Å²) in [6, 6.07) is 0.755. The summed E-state index contributed by atoms with van der Waals surface area (Å²) in [6.45, 7) is 13.2. The van der Waals surface area contributed by atoms with Crippen LogP contribution >= 0.6 is 0 Å². The second-order valence-electron chi connectivity index (χ2n) is 6.69. The smallest absolute Gasteiger partial charge is 0.0309 e. The Morgan fingerprint density at radius 1 is 1.35 bits per heavy atom. The molecule has 2 nitrogen and oxygen atoms in total. The maximum absolute atomic E-state index is 3.77. The number of rotatable bonds is 5. The first-order chi connectivity index (χ1) is 8.05. The fraction of sp³-hybridized carbons (Fsp3) is 1.00. The number of piperazine rings is 1. The molecule has 3 unspecified atom stereocenters. The van der Waals surface area contributed by atoms with Crippen LogP contribution < -0.4 is 5.32 Å². The van der Waals surface area contributed by atoms with Crippen molar-refractivity contribution in [1.82, 2.24) is 10.2 Å². The first-order valence-electron chi connectivity index (χ1n) is 7.54. The number of nitrogens with one attached hydrogen (secondary N) is 1. The Bertz CT molecular complexity index is 249. The van der Waals surface area contributed by atoms with Crippen LogP contribution in [0, 0.1) is 11.8 Å². The zero-order valence-corrected chi connectivity index (χ0v) is 12.1. The Morgan fingerprint density at radius 3 is 2.65 bits per heavy atom. The minimum absolute atomic E-state index is 0.405. The molecule has 17 heavy (non-hydrogen) atoms. The van der Waals surface area contributed by atoms with E-state index in [4.69, 9.17) is 0 Å². The SMILES string of the molecule is CCC(C)CC(C)N1CCNC(C)(C2CC2)C1. The molecule has 0 spiro atoms. The summed E-state index contributed by atoms with van der Waals surface area (Å²) < 4.78 is 0. The van der Waals surface area contributed by atoms with Crippen LogP contribution in [0.3, 0.4) is 0 Å². The molecule has 2 fully saturated rings. The Kier molecular flexibility index (Phi) is 4.14. The third kappa shape index (κ3) is 3.23. The second kappa shape index (κ2) is 5.27. The Hall–Kier alpha value is -0.0800. The van der Waals surface area contributed by atoms with Crippen LogP contribution in [0.2, 0.25) is 0 Å². The van der Waals surface area contributed by atoms with E-state index >= 15 is 0 Å². The third-order valence-corrected chi connectivity index (χ3v) is 5.00. The minimum Gasteiger partial charge on any atom is -0.309 e. The maximum atomic E-state index is 3.77. The predicted molar refractivity (Wildman–Crippen MR) is 74.2 cm³/mol. The molecule has 2 rings (SSSR count). The van der Waals surface area contributed by atoms with Crippen LogP contribution in [-0.2, 0) is 0 Å². The zero-order valence-electron chi connectivity index (χ0n) is 12.1. The molecule has 2 heteroatoms. The van der Waals surface area contributed by atoms with Crippen molar-refractivity contribution in [2.24, 2.45) is 11.8 Å². The molecule has 100 valence electrons. The van der Waals surface area contributed by atoms with Crippen LogP contribution in [0.15, 0.2) is 0 Å². The maximum Gasteiger partial charge on any atom is 0.0309 e. The summed E-state index contributed by atoms with van der Waals surface area (Å²) in [5.41, 5.74) is 0.405. The topological polar surface area (TPSA) is 15.3 Å². The standard InChI is InChI=1S/C15H30N2/c1-5-12(2)10-13(3)17-9-8-16-15(4,11-17)14-6-7-14/h12-14,16H,5-11H2,1-4H3. The number of hydrogen-bond acceptors (Lipinski definition) is 2. The van der Waals surface area contributed by atoms with Gasteiger partial charge < -0.3 is 5.32 Å². The molecule has 0 aromatic carbocycles. The molecule has 0 bridgehead atoms. The number of nitrogens with zero attached hydrogens (tertiary/aromatic N) is 1. The minimum atomic E-state index is 0.405. The molecule has 0 aromatic heterocycles. The lowest BCUT2D eigenvalue weighted by atomic mass is 9.90. The Morgan fingerprint density at radius 2 is 2.06 bits per heavy atom. The first kappa shape index (κ1) is 13.4. The van der Waals surface area contributed by atoms with E-state index in [1.165, 1.54) is 45.3 Å². The number of hydrogen-bond donors (Lipinski definition) is 1. The molecule has 0 amide bonds. The van der Waals surface area contributed by atoms with Gasteiger partial charge in [-0.3, -0.25) is 4.90 Å². The van der Waals surface area contributed by atoms with Gasteiger partial charge in [0.1, 0.15) is 0 Å². The fourth-order valence-electron chi connectivity index (χ4n) is 3.31. The van der Waals surface area contributed by atoms with Crippen molar-refractivity contribution in [2.75, 3.05) is 19.6 Å². The van der Waals surface area contributed by atoms with Crippen molar-refractivity contribution in [1.29, 1.82) is 0 Å². The van der Waals surface area contributed by atoms with Gasteiger partial charge in [0.25, 0.3) is 0 Å². The van der Waals surface area contributed by atoms with Gasteiger partial charge in [0.05, 0.1) is 0 Å². The van der Waals surface area contributed by atoms with Crippen molar-refractivity contribution >= 4 is 0 Å². The summed E-state index contributed by atoms with van der Waals surface area (Å²) in [5, 5.41) is 3.77. The van der Waals surface area contributed by atoms with E-state index in [0.717, 1.165) is 17.9 Å². The van der Waals surface area contributed by atoms with Gasteiger partial charge in [0.15, 0.2) is 0 Å². The summed E-state index contributed by atoms with van der Waals surface area (Å²) >= 11 is 0. The van der Waals surface area contributed by atoms with Crippen LogP contribution in [0.25, 0.3) is 0 Å². The summed E-state index contributed by atoms with van der Waals surface area (Å²) in [4.78, 5) is 2.72. The molecule has 1 aliphatic carbocycles. The van der Waals surface area contributed by atoms with E-state index in [1.54, 1.807) is 0 Å². The van der Waals surface area contributed by atoms with Crippen LogP contribution in [0.5, 0.6) is 0 Å². The molecule has 2 aliphatic rings. The van der Waals surface area contributed by atoms with Crippen LogP contribution in [0.1, 0.15) is 53.4 Å². The molecule has 0 radical (unpaired) electrons. The highest BCUT2D eigenvalue weighted by molar-refractivity contribution is 5.02. The monoisotopic (exact) mass is 238 g/mol. The summed E-state index contributed by atoms with van der Waals surface area (Å²) in [5.74, 6) is 1.81. The molecular formula is C15H30N2. The molecule has 3 atom stereocenters. The Labute approximate surface area is 107 Å².